The van der Waals surface area contributed by atoms with E-state index in [-0.39, 0.29) is 0 Å². The van der Waals surface area contributed by atoms with Crippen molar-refractivity contribution in [1.82, 2.24) is 0 Å². The number of allylic oxidation sites excluding steroid dienone is 2. The van der Waals surface area contributed by atoms with Crippen LogP contribution in [0.5, 0.6) is 0 Å². The Morgan fingerprint density at radius 2 is 1.84 bits per heavy atom. The van der Waals surface area contributed by atoms with Crippen LogP contribution in [0.3, 0.4) is 0 Å². The lowest BCUT2D eigenvalue weighted by atomic mass is 9.47. The van der Waals surface area contributed by atoms with Gasteiger partial charge in [0.25, 0.3) is 0 Å². The number of fused-ring (bicyclic) bond motifs is 5. The largest absolute Gasteiger partial charge is 0.495 e. The van der Waals surface area contributed by atoms with Gasteiger partial charge in [-0.1, -0.05) is 72.1 Å². The third-order valence-electron chi connectivity index (χ3n) is 10.6. The zero-order valence-corrected chi connectivity index (χ0v) is 21.5. The third kappa shape index (κ3) is 4.29. The molecule has 3 fully saturated rings. The fourth-order valence-corrected chi connectivity index (χ4v) is 9.04. The monoisotopic (exact) mass is 426 g/mol. The van der Waals surface area contributed by atoms with Crippen LogP contribution in [0.4, 0.5) is 0 Å². The molecule has 31 heavy (non-hydrogen) atoms. The minimum absolute atomic E-state index is 0.366. The Morgan fingerprint density at radius 3 is 2.55 bits per heavy atom. The summed E-state index contributed by atoms with van der Waals surface area (Å²) in [7, 11) is 0. The van der Waals surface area contributed by atoms with Gasteiger partial charge in [0.1, 0.15) is 6.10 Å². The van der Waals surface area contributed by atoms with Crippen LogP contribution in [-0.4, -0.2) is 6.10 Å². The molecule has 3 saturated carbocycles. The Hall–Kier alpha value is -0.720. The Morgan fingerprint density at radius 1 is 1.06 bits per heavy atom. The maximum Gasteiger partial charge on any atom is 0.102 e. The number of rotatable bonds is 7. The van der Waals surface area contributed by atoms with E-state index in [9.17, 15) is 0 Å². The van der Waals surface area contributed by atoms with Crippen LogP contribution in [-0.2, 0) is 4.74 Å². The van der Waals surface area contributed by atoms with Gasteiger partial charge in [-0.15, -0.1) is 0 Å². The molecule has 0 saturated heterocycles. The van der Waals surface area contributed by atoms with Gasteiger partial charge in [-0.2, -0.15) is 0 Å². The average molecular weight is 427 g/mol. The van der Waals surface area contributed by atoms with Crippen LogP contribution in [0.15, 0.2) is 24.0 Å². The van der Waals surface area contributed by atoms with E-state index < -0.39 is 0 Å². The highest BCUT2D eigenvalue weighted by molar-refractivity contribution is 5.25. The van der Waals surface area contributed by atoms with Gasteiger partial charge >= 0.3 is 0 Å². The van der Waals surface area contributed by atoms with Crippen molar-refractivity contribution in [3.05, 3.63) is 24.0 Å². The minimum atomic E-state index is 0.366. The van der Waals surface area contributed by atoms with Crippen LogP contribution in [0.25, 0.3) is 0 Å². The molecule has 4 aliphatic carbocycles. The van der Waals surface area contributed by atoms with Crippen LogP contribution >= 0.6 is 0 Å². The van der Waals surface area contributed by atoms with Crippen LogP contribution in [0, 0.1) is 46.3 Å². The molecule has 0 aromatic carbocycles. The topological polar surface area (TPSA) is 9.23 Å². The molecule has 4 aliphatic rings. The molecule has 0 heterocycles. The normalized spacial score (nSPS) is 42.9. The lowest BCUT2D eigenvalue weighted by Crippen LogP contribution is -2.51. The quantitative estimate of drug-likeness (QED) is 0.291. The summed E-state index contributed by atoms with van der Waals surface area (Å²) < 4.78 is 6.06. The van der Waals surface area contributed by atoms with Gasteiger partial charge in [0.15, 0.2) is 0 Å². The predicted molar refractivity (Wildman–Crippen MR) is 133 cm³/mol. The van der Waals surface area contributed by atoms with Crippen LogP contribution in [0.2, 0.25) is 0 Å². The molecule has 1 nitrogen and oxygen atoms in total. The molecular formula is C30H50O. The molecule has 0 amide bonds. The van der Waals surface area contributed by atoms with Gasteiger partial charge in [0.05, 0.1) is 5.76 Å². The van der Waals surface area contributed by atoms with Gasteiger partial charge in [0.2, 0.25) is 0 Å². The van der Waals surface area contributed by atoms with Crippen molar-refractivity contribution >= 4 is 0 Å². The van der Waals surface area contributed by atoms with Gasteiger partial charge in [-0.05, 0) is 98.2 Å². The summed E-state index contributed by atoms with van der Waals surface area (Å²) >= 11 is 0. The lowest BCUT2D eigenvalue weighted by molar-refractivity contribution is -0.0591. The van der Waals surface area contributed by atoms with Crippen molar-refractivity contribution in [2.24, 2.45) is 46.3 Å². The first-order chi connectivity index (χ1) is 14.6. The molecule has 0 aliphatic heterocycles. The van der Waals surface area contributed by atoms with Gasteiger partial charge in [-0.3, -0.25) is 0 Å². The van der Waals surface area contributed by atoms with E-state index in [0.717, 1.165) is 47.7 Å². The molecule has 0 N–H and O–H groups in total. The van der Waals surface area contributed by atoms with Crippen molar-refractivity contribution in [1.29, 1.82) is 0 Å². The Balaban J connectivity index is 1.47. The summed E-state index contributed by atoms with van der Waals surface area (Å²) in [6.45, 7) is 18.7. The average Bonchev–Trinajstić information content (AvgIpc) is 3.05. The second-order valence-electron chi connectivity index (χ2n) is 13.0. The van der Waals surface area contributed by atoms with Crippen molar-refractivity contribution in [2.45, 2.75) is 118 Å². The highest BCUT2D eigenvalue weighted by atomic mass is 16.5. The zero-order valence-electron chi connectivity index (χ0n) is 21.5. The molecule has 176 valence electrons. The van der Waals surface area contributed by atoms with Crippen molar-refractivity contribution < 1.29 is 4.74 Å². The molecule has 1 heteroatoms. The fraction of sp³-hybridized carbons (Fsp3) is 0.867. The molecule has 0 unspecified atom stereocenters. The Kier molecular flexibility index (Phi) is 6.73. The molecule has 0 spiro atoms. The number of hydrogen-bond acceptors (Lipinski definition) is 1. The molecule has 0 bridgehead atoms. The highest BCUT2D eigenvalue weighted by Crippen LogP contribution is 2.67. The van der Waals surface area contributed by atoms with E-state index in [2.05, 4.69) is 47.3 Å². The first-order valence-electron chi connectivity index (χ1n) is 13.7. The van der Waals surface area contributed by atoms with Crippen molar-refractivity contribution in [3.63, 3.8) is 0 Å². The number of ether oxygens (including phenoxy) is 1. The number of hydrogen-bond donors (Lipinski definition) is 0. The Labute approximate surface area is 193 Å². The molecule has 8 atom stereocenters. The first-order valence-corrected chi connectivity index (χ1v) is 13.7. The van der Waals surface area contributed by atoms with Crippen molar-refractivity contribution in [3.8, 4) is 0 Å². The Bertz CT molecular complexity index is 689. The van der Waals surface area contributed by atoms with Crippen molar-refractivity contribution in [2.75, 3.05) is 0 Å². The molecule has 0 aromatic rings. The van der Waals surface area contributed by atoms with Gasteiger partial charge < -0.3 is 4.74 Å². The second-order valence-corrected chi connectivity index (χ2v) is 13.0. The fourth-order valence-electron chi connectivity index (χ4n) is 9.04. The summed E-state index contributed by atoms with van der Waals surface area (Å²) in [5, 5.41) is 0. The molecule has 4 rings (SSSR count). The van der Waals surface area contributed by atoms with E-state index in [0.29, 0.717) is 16.9 Å². The summed E-state index contributed by atoms with van der Waals surface area (Å²) in [5.74, 6) is 6.41. The maximum absolute atomic E-state index is 6.06. The SMILES string of the molecule is C=C(C)O[C@H]1CC[C@@]2(C)C(=CC[C@H]3[C@@H]4CC[C@H]([C@H](C)CCCC(C)C)[C@@]4(C)CC[C@@H]32)C1. The summed E-state index contributed by atoms with van der Waals surface area (Å²) in [6, 6.07) is 0. The standard InChI is InChI=1S/C30H50O/c1-20(2)9-8-10-22(5)26-13-14-27-25-12-11-23-19-24(31-21(3)4)15-17-29(23,6)28(25)16-18-30(26,27)7/h11,20,22,24-28H,3,8-10,12-19H2,1-2,4-7H3/t22-,24+,25+,26-,27+,28+,29+,30-/m1/s1. The highest BCUT2D eigenvalue weighted by Gasteiger charge is 2.59. The van der Waals surface area contributed by atoms with E-state index >= 15 is 0 Å². The second kappa shape index (κ2) is 8.90. The molecule has 0 radical (unpaired) electrons. The smallest absolute Gasteiger partial charge is 0.102 e. The van der Waals surface area contributed by atoms with E-state index in [1.54, 1.807) is 5.57 Å². The molecular weight excluding hydrogens is 376 g/mol. The van der Waals surface area contributed by atoms with E-state index in [1.165, 1.54) is 64.2 Å². The summed E-state index contributed by atoms with van der Waals surface area (Å²) in [5.41, 5.74) is 2.76. The third-order valence-corrected chi connectivity index (χ3v) is 10.6. The van der Waals surface area contributed by atoms with Crippen LogP contribution in [0.1, 0.15) is 112 Å². The van der Waals surface area contributed by atoms with E-state index in [1.807, 2.05) is 6.92 Å². The first kappa shape index (κ1) is 23.4. The maximum atomic E-state index is 6.06. The lowest BCUT2D eigenvalue weighted by Gasteiger charge is -2.58. The molecule has 0 aromatic heterocycles. The predicted octanol–water partition coefficient (Wildman–Crippen LogP) is 8.95. The summed E-state index contributed by atoms with van der Waals surface area (Å²) in [6.07, 6.45) is 18.3. The minimum Gasteiger partial charge on any atom is -0.495 e. The van der Waals surface area contributed by atoms with Gasteiger partial charge in [-0.25, -0.2) is 0 Å². The van der Waals surface area contributed by atoms with Crippen LogP contribution < -0.4 is 0 Å². The zero-order chi connectivity index (χ0) is 22.4. The van der Waals surface area contributed by atoms with Gasteiger partial charge in [0, 0.05) is 6.42 Å². The van der Waals surface area contributed by atoms with E-state index in [4.69, 9.17) is 4.74 Å². The summed E-state index contributed by atoms with van der Waals surface area (Å²) in [4.78, 5) is 0.